The molecule has 1 amide bonds. The molecule has 1 saturated carbocycles. The van der Waals surface area contributed by atoms with Crippen LogP contribution in [0.15, 0.2) is 71.8 Å². The quantitative estimate of drug-likeness (QED) is 0.362. The van der Waals surface area contributed by atoms with Crippen molar-refractivity contribution in [3.63, 3.8) is 0 Å². The largest absolute Gasteiger partial charge is 0.388 e. The Bertz CT molecular complexity index is 1620. The minimum Gasteiger partial charge on any atom is -0.388 e. The zero-order valence-electron chi connectivity index (χ0n) is 20.7. The molecule has 6 rings (SSSR count). The number of aliphatic hydroxyl groups excluding tert-OH is 2. The number of carbonyl (C=O) groups is 1. The number of rotatable bonds is 4. The second-order valence-electron chi connectivity index (χ2n) is 10.1. The molecule has 0 saturated heterocycles. The highest BCUT2D eigenvalue weighted by Gasteiger charge is 2.34. The Morgan fingerprint density at radius 3 is 2.50 bits per heavy atom. The molecule has 0 radical (unpaired) electrons. The Morgan fingerprint density at radius 1 is 0.974 bits per heavy atom. The Balaban J connectivity index is 1.51. The molecule has 3 N–H and O–H groups in total. The van der Waals surface area contributed by atoms with Gasteiger partial charge in [0, 0.05) is 28.2 Å². The lowest BCUT2D eigenvalue weighted by atomic mass is 9.81. The van der Waals surface area contributed by atoms with Crippen molar-refractivity contribution in [1.29, 1.82) is 0 Å². The third-order valence-corrected chi connectivity index (χ3v) is 9.11. The van der Waals surface area contributed by atoms with Crippen LogP contribution in [0.3, 0.4) is 0 Å². The standard InChI is InChI=1S/C29H29N3O5S/c33-24-17-32-23-16-19(29(35)31-38(36,37)20-10-5-2-6-11-20)13-14-21(23)25(18-8-3-1-4-9-18)27(32)22-12-7-15-30-26(22)28(24)34/h2,5-7,10-16,18,24,28,33-34H,1,3-4,8-9,17H2,(H,31,35)/t24-,28-/m1/s1. The van der Waals surface area contributed by atoms with Crippen LogP contribution in [-0.2, 0) is 16.6 Å². The first-order chi connectivity index (χ1) is 18.3. The molecule has 3 heterocycles. The smallest absolute Gasteiger partial charge is 0.265 e. The first-order valence-electron chi connectivity index (χ1n) is 12.9. The summed E-state index contributed by atoms with van der Waals surface area (Å²) in [6.45, 7) is 0.115. The van der Waals surface area contributed by atoms with Gasteiger partial charge in [0.15, 0.2) is 0 Å². The van der Waals surface area contributed by atoms with Gasteiger partial charge < -0.3 is 14.8 Å². The second kappa shape index (κ2) is 9.65. The van der Waals surface area contributed by atoms with Gasteiger partial charge in [0.1, 0.15) is 12.2 Å². The van der Waals surface area contributed by atoms with Crippen molar-refractivity contribution in [2.75, 3.05) is 0 Å². The number of amides is 1. The molecule has 2 aromatic carbocycles. The van der Waals surface area contributed by atoms with E-state index in [2.05, 4.69) is 9.71 Å². The maximum Gasteiger partial charge on any atom is 0.265 e. The van der Waals surface area contributed by atoms with E-state index in [1.165, 1.54) is 18.6 Å². The summed E-state index contributed by atoms with van der Waals surface area (Å²) >= 11 is 0. The minimum atomic E-state index is -4.04. The zero-order chi connectivity index (χ0) is 26.4. The van der Waals surface area contributed by atoms with E-state index in [9.17, 15) is 23.4 Å². The summed E-state index contributed by atoms with van der Waals surface area (Å²) in [5.74, 6) is -0.442. The Morgan fingerprint density at radius 2 is 1.74 bits per heavy atom. The van der Waals surface area contributed by atoms with Crippen LogP contribution in [0.25, 0.3) is 22.2 Å². The Kier molecular flexibility index (Phi) is 6.29. The van der Waals surface area contributed by atoms with Crippen LogP contribution in [0.2, 0.25) is 0 Å². The van der Waals surface area contributed by atoms with Gasteiger partial charge in [-0.25, -0.2) is 13.1 Å². The molecule has 196 valence electrons. The molecule has 38 heavy (non-hydrogen) atoms. The summed E-state index contributed by atoms with van der Waals surface area (Å²) in [5.41, 5.74) is 4.15. The molecule has 1 aliphatic carbocycles. The van der Waals surface area contributed by atoms with E-state index in [1.807, 2.05) is 22.8 Å². The van der Waals surface area contributed by atoms with Crippen LogP contribution >= 0.6 is 0 Å². The van der Waals surface area contributed by atoms with Crippen molar-refractivity contribution in [3.8, 4) is 11.3 Å². The van der Waals surface area contributed by atoms with Crippen LogP contribution in [0.4, 0.5) is 0 Å². The summed E-state index contributed by atoms with van der Waals surface area (Å²) in [6.07, 6.45) is 4.87. The molecular weight excluding hydrogens is 502 g/mol. The van der Waals surface area contributed by atoms with Gasteiger partial charge in [0.05, 0.1) is 22.8 Å². The van der Waals surface area contributed by atoms with E-state index in [-0.39, 0.29) is 17.0 Å². The summed E-state index contributed by atoms with van der Waals surface area (Å²) in [5, 5.41) is 22.8. The number of aromatic nitrogens is 2. The van der Waals surface area contributed by atoms with Crippen LogP contribution in [0, 0.1) is 0 Å². The van der Waals surface area contributed by atoms with Crippen molar-refractivity contribution in [2.45, 2.75) is 61.7 Å². The third kappa shape index (κ3) is 4.20. The molecule has 1 fully saturated rings. The van der Waals surface area contributed by atoms with Crippen molar-refractivity contribution in [3.05, 3.63) is 83.7 Å². The Hall–Kier alpha value is -3.53. The molecule has 0 spiro atoms. The van der Waals surface area contributed by atoms with Crippen LogP contribution in [0.1, 0.15) is 65.7 Å². The van der Waals surface area contributed by atoms with E-state index >= 15 is 0 Å². The number of pyridine rings is 1. The van der Waals surface area contributed by atoms with E-state index in [4.69, 9.17) is 0 Å². The second-order valence-corrected chi connectivity index (χ2v) is 11.8. The van der Waals surface area contributed by atoms with Crippen LogP contribution in [-0.4, -0.2) is 40.2 Å². The number of carbonyl (C=O) groups excluding carboxylic acids is 1. The highest BCUT2D eigenvalue weighted by atomic mass is 32.2. The monoisotopic (exact) mass is 531 g/mol. The highest BCUT2D eigenvalue weighted by Crippen LogP contribution is 2.47. The van der Waals surface area contributed by atoms with E-state index in [1.54, 1.807) is 36.5 Å². The van der Waals surface area contributed by atoms with Gasteiger partial charge >= 0.3 is 0 Å². The van der Waals surface area contributed by atoms with Gasteiger partial charge in [0.2, 0.25) is 0 Å². The minimum absolute atomic E-state index is 0.00628. The van der Waals surface area contributed by atoms with Crippen molar-refractivity contribution in [1.82, 2.24) is 14.3 Å². The lowest BCUT2D eigenvalue weighted by Gasteiger charge is -2.23. The number of hydrogen-bond donors (Lipinski definition) is 3. The average Bonchev–Trinajstić information content (AvgIpc) is 3.20. The summed E-state index contributed by atoms with van der Waals surface area (Å²) in [7, 11) is -4.04. The number of hydrogen-bond acceptors (Lipinski definition) is 6. The molecule has 8 nitrogen and oxygen atoms in total. The van der Waals surface area contributed by atoms with Gasteiger partial charge in [0.25, 0.3) is 15.9 Å². The third-order valence-electron chi connectivity index (χ3n) is 7.77. The fourth-order valence-electron chi connectivity index (χ4n) is 5.96. The molecule has 2 atom stereocenters. The van der Waals surface area contributed by atoms with Gasteiger partial charge in [-0.1, -0.05) is 43.5 Å². The number of aliphatic hydroxyl groups is 2. The molecule has 4 aromatic rings. The zero-order valence-corrected chi connectivity index (χ0v) is 21.6. The first kappa shape index (κ1) is 24.8. The Labute approximate surface area is 221 Å². The fourth-order valence-corrected chi connectivity index (χ4v) is 6.96. The summed E-state index contributed by atoms with van der Waals surface area (Å²) in [6, 6.07) is 16.7. The van der Waals surface area contributed by atoms with E-state index < -0.39 is 28.1 Å². The molecule has 0 bridgehead atoms. The lowest BCUT2D eigenvalue weighted by molar-refractivity contribution is 0.00883. The van der Waals surface area contributed by atoms with Gasteiger partial charge in [-0.05, 0) is 60.7 Å². The number of sulfonamides is 1. The molecule has 9 heteroatoms. The van der Waals surface area contributed by atoms with Crippen LogP contribution in [0.5, 0.6) is 0 Å². The normalized spacial score (nSPS) is 19.9. The number of fused-ring (bicyclic) bond motifs is 5. The van der Waals surface area contributed by atoms with Gasteiger partial charge in [-0.3, -0.25) is 9.78 Å². The average molecular weight is 532 g/mol. The summed E-state index contributed by atoms with van der Waals surface area (Å²) in [4.78, 5) is 17.6. The predicted molar refractivity (Wildman–Crippen MR) is 143 cm³/mol. The SMILES string of the molecule is O=C(NS(=O)(=O)c1ccccc1)c1ccc2c(C3CCCCC3)c3n(c2c1)C[C@@H](O)[C@@H](O)c1ncccc1-3. The van der Waals surface area contributed by atoms with Gasteiger partial charge in [-0.2, -0.15) is 0 Å². The molecule has 2 aromatic heterocycles. The summed E-state index contributed by atoms with van der Waals surface area (Å²) < 4.78 is 29.7. The van der Waals surface area contributed by atoms with E-state index in [0.717, 1.165) is 47.9 Å². The molecular formula is C29H29N3O5S. The van der Waals surface area contributed by atoms with Gasteiger partial charge in [-0.15, -0.1) is 0 Å². The van der Waals surface area contributed by atoms with Crippen LogP contribution < -0.4 is 4.72 Å². The predicted octanol–water partition coefficient (Wildman–Crippen LogP) is 4.28. The fraction of sp³-hybridized carbons (Fsp3) is 0.310. The van der Waals surface area contributed by atoms with E-state index in [0.29, 0.717) is 17.1 Å². The molecule has 0 unspecified atom stereocenters. The molecule has 2 aliphatic rings. The topological polar surface area (TPSA) is 122 Å². The maximum atomic E-state index is 13.1. The first-order valence-corrected chi connectivity index (χ1v) is 14.4. The lowest BCUT2D eigenvalue weighted by Crippen LogP contribution is -2.30. The number of nitrogens with one attached hydrogen (secondary N) is 1. The highest BCUT2D eigenvalue weighted by molar-refractivity contribution is 7.90. The number of nitrogens with zero attached hydrogens (tertiary/aromatic N) is 2. The molecule has 1 aliphatic heterocycles. The maximum absolute atomic E-state index is 13.1. The van der Waals surface area contributed by atoms with Crippen molar-refractivity contribution < 1.29 is 23.4 Å². The van der Waals surface area contributed by atoms with Crippen molar-refractivity contribution >= 4 is 26.8 Å². The number of benzene rings is 2. The van der Waals surface area contributed by atoms with Crippen molar-refractivity contribution in [2.24, 2.45) is 0 Å².